The van der Waals surface area contributed by atoms with E-state index in [0.717, 1.165) is 26.2 Å². The monoisotopic (exact) mass is 245 g/mol. The van der Waals surface area contributed by atoms with Crippen molar-refractivity contribution in [3.8, 4) is 0 Å². The SMILES string of the molecule is CCNC(CN(CC)N(C)CC)(NC)N(C)C. The summed E-state index contributed by atoms with van der Waals surface area (Å²) >= 11 is 0. The number of nitrogens with zero attached hydrogens (tertiary/aromatic N) is 3. The van der Waals surface area contributed by atoms with Crippen LogP contribution in [0.5, 0.6) is 0 Å². The lowest BCUT2D eigenvalue weighted by molar-refractivity contribution is -0.0589. The first kappa shape index (κ1) is 16.8. The van der Waals surface area contributed by atoms with Gasteiger partial charge in [0.2, 0.25) is 0 Å². The lowest BCUT2D eigenvalue weighted by Gasteiger charge is -2.45. The Hall–Kier alpha value is -0.200. The first-order valence-corrected chi connectivity index (χ1v) is 6.54. The Bertz CT molecular complexity index is 197. The van der Waals surface area contributed by atoms with Crippen LogP contribution in [-0.2, 0) is 0 Å². The van der Waals surface area contributed by atoms with Crippen LogP contribution < -0.4 is 10.6 Å². The van der Waals surface area contributed by atoms with E-state index in [0.29, 0.717) is 0 Å². The molecule has 0 aliphatic heterocycles. The fourth-order valence-electron chi connectivity index (χ4n) is 1.98. The molecule has 0 bridgehead atoms. The molecule has 0 radical (unpaired) electrons. The molecule has 0 aromatic heterocycles. The fraction of sp³-hybridized carbons (Fsp3) is 1.00. The molecule has 0 amide bonds. The van der Waals surface area contributed by atoms with E-state index in [1.54, 1.807) is 0 Å². The minimum atomic E-state index is -0.186. The highest BCUT2D eigenvalue weighted by Crippen LogP contribution is 2.08. The van der Waals surface area contributed by atoms with E-state index < -0.39 is 0 Å². The van der Waals surface area contributed by atoms with E-state index in [4.69, 9.17) is 0 Å². The van der Waals surface area contributed by atoms with Gasteiger partial charge < -0.3 is 0 Å². The van der Waals surface area contributed by atoms with Crippen molar-refractivity contribution in [1.29, 1.82) is 0 Å². The zero-order valence-electron chi connectivity index (χ0n) is 12.7. The normalized spacial score (nSPS) is 15.9. The van der Waals surface area contributed by atoms with E-state index in [1.807, 2.05) is 7.05 Å². The standard InChI is InChI=1S/C12H31N5/c1-8-14-12(13-4,15(5)6)11-17(10-3)16(7)9-2/h13-14H,8-11H2,1-7H3. The van der Waals surface area contributed by atoms with Crippen LogP contribution in [0.25, 0.3) is 0 Å². The van der Waals surface area contributed by atoms with Gasteiger partial charge in [0.1, 0.15) is 5.79 Å². The van der Waals surface area contributed by atoms with Gasteiger partial charge in [0.05, 0.1) is 6.54 Å². The number of hydrogen-bond donors (Lipinski definition) is 2. The summed E-state index contributed by atoms with van der Waals surface area (Å²) in [4.78, 5) is 2.20. The van der Waals surface area contributed by atoms with Gasteiger partial charge in [-0.1, -0.05) is 20.8 Å². The van der Waals surface area contributed by atoms with Crippen molar-refractivity contribution >= 4 is 0 Å². The van der Waals surface area contributed by atoms with Gasteiger partial charge in [-0.05, 0) is 27.7 Å². The molecule has 0 saturated heterocycles. The third-order valence-electron chi connectivity index (χ3n) is 3.36. The van der Waals surface area contributed by atoms with Gasteiger partial charge >= 0.3 is 0 Å². The van der Waals surface area contributed by atoms with Crippen LogP contribution >= 0.6 is 0 Å². The maximum Gasteiger partial charge on any atom is 0.139 e. The van der Waals surface area contributed by atoms with Crippen molar-refractivity contribution in [3.63, 3.8) is 0 Å². The van der Waals surface area contributed by atoms with E-state index in [1.165, 1.54) is 0 Å². The largest absolute Gasteiger partial charge is 0.289 e. The van der Waals surface area contributed by atoms with E-state index in [9.17, 15) is 0 Å². The summed E-state index contributed by atoms with van der Waals surface area (Å²) in [5.74, 6) is -0.186. The summed E-state index contributed by atoms with van der Waals surface area (Å²) in [5.41, 5.74) is 0. The minimum Gasteiger partial charge on any atom is -0.289 e. The maximum absolute atomic E-state index is 3.54. The quantitative estimate of drug-likeness (QED) is 0.449. The van der Waals surface area contributed by atoms with Gasteiger partial charge in [0, 0.05) is 20.1 Å². The number of likely N-dealkylation sites (N-methyl/N-ethyl adjacent to an activating group) is 4. The topological polar surface area (TPSA) is 33.8 Å². The van der Waals surface area contributed by atoms with Crippen LogP contribution in [0.3, 0.4) is 0 Å². The minimum absolute atomic E-state index is 0.186. The predicted octanol–water partition coefficient (Wildman–Crippen LogP) is 0.219. The molecular formula is C12H31N5. The molecular weight excluding hydrogens is 214 g/mol. The van der Waals surface area contributed by atoms with Crippen molar-refractivity contribution in [2.24, 2.45) is 0 Å². The molecule has 5 heteroatoms. The molecule has 0 aromatic rings. The van der Waals surface area contributed by atoms with E-state index in [-0.39, 0.29) is 5.79 Å². The highest BCUT2D eigenvalue weighted by Gasteiger charge is 2.32. The Kier molecular flexibility index (Phi) is 7.91. The first-order valence-electron chi connectivity index (χ1n) is 6.54. The van der Waals surface area contributed by atoms with Gasteiger partial charge in [-0.3, -0.25) is 15.5 Å². The number of hydrogen-bond acceptors (Lipinski definition) is 5. The molecule has 0 fully saturated rings. The zero-order chi connectivity index (χ0) is 13.5. The van der Waals surface area contributed by atoms with Crippen molar-refractivity contribution in [2.75, 3.05) is 54.4 Å². The van der Waals surface area contributed by atoms with Crippen molar-refractivity contribution in [3.05, 3.63) is 0 Å². The summed E-state index contributed by atoms with van der Waals surface area (Å²) in [7, 11) is 8.33. The Morgan fingerprint density at radius 2 is 1.59 bits per heavy atom. The molecule has 1 unspecified atom stereocenters. The second-order valence-electron chi connectivity index (χ2n) is 4.49. The fourth-order valence-corrected chi connectivity index (χ4v) is 1.98. The number of hydrazine groups is 1. The molecule has 104 valence electrons. The summed E-state index contributed by atoms with van der Waals surface area (Å²) in [5, 5.41) is 11.5. The second kappa shape index (κ2) is 8.00. The molecule has 0 aliphatic carbocycles. The van der Waals surface area contributed by atoms with Crippen molar-refractivity contribution < 1.29 is 0 Å². The van der Waals surface area contributed by atoms with Crippen LogP contribution in [0.4, 0.5) is 0 Å². The van der Waals surface area contributed by atoms with Gasteiger partial charge in [0.25, 0.3) is 0 Å². The highest BCUT2D eigenvalue weighted by atomic mass is 15.6. The number of nitrogens with one attached hydrogen (secondary N) is 2. The smallest absolute Gasteiger partial charge is 0.139 e. The molecule has 0 spiro atoms. The summed E-state index contributed by atoms with van der Waals surface area (Å²) in [6.07, 6.45) is 0. The maximum atomic E-state index is 3.54. The van der Waals surface area contributed by atoms with Crippen molar-refractivity contribution in [2.45, 2.75) is 26.6 Å². The molecule has 0 aliphatic rings. The molecule has 0 aromatic carbocycles. The molecule has 0 heterocycles. The Morgan fingerprint density at radius 3 is 1.88 bits per heavy atom. The molecule has 2 N–H and O–H groups in total. The average Bonchev–Trinajstić information content (AvgIpc) is 2.33. The lowest BCUT2D eigenvalue weighted by atomic mass is 10.2. The Balaban J connectivity index is 4.81. The second-order valence-corrected chi connectivity index (χ2v) is 4.49. The van der Waals surface area contributed by atoms with Gasteiger partial charge in [-0.15, -0.1) is 0 Å². The predicted molar refractivity (Wildman–Crippen MR) is 74.7 cm³/mol. The molecule has 1 atom stereocenters. The lowest BCUT2D eigenvalue weighted by Crippen LogP contribution is -2.70. The first-order chi connectivity index (χ1) is 7.97. The van der Waals surface area contributed by atoms with E-state index in [2.05, 4.69) is 67.5 Å². The van der Waals surface area contributed by atoms with Crippen LogP contribution in [0.1, 0.15) is 20.8 Å². The third-order valence-corrected chi connectivity index (χ3v) is 3.36. The summed E-state index contributed by atoms with van der Waals surface area (Å²) in [6, 6.07) is 0. The van der Waals surface area contributed by atoms with Crippen LogP contribution in [-0.4, -0.2) is 75.1 Å². The summed E-state index contributed by atoms with van der Waals surface area (Å²) in [6.45, 7) is 10.4. The van der Waals surface area contributed by atoms with Crippen LogP contribution in [0.15, 0.2) is 0 Å². The highest BCUT2D eigenvalue weighted by molar-refractivity contribution is 4.83. The number of rotatable bonds is 9. The van der Waals surface area contributed by atoms with E-state index >= 15 is 0 Å². The Morgan fingerprint density at radius 1 is 1.00 bits per heavy atom. The molecule has 0 rings (SSSR count). The zero-order valence-corrected chi connectivity index (χ0v) is 12.7. The van der Waals surface area contributed by atoms with Gasteiger partial charge in [-0.2, -0.15) is 0 Å². The van der Waals surface area contributed by atoms with Crippen molar-refractivity contribution in [1.82, 2.24) is 25.6 Å². The van der Waals surface area contributed by atoms with Gasteiger partial charge in [-0.25, -0.2) is 10.0 Å². The summed E-state index contributed by atoms with van der Waals surface area (Å²) < 4.78 is 0. The third kappa shape index (κ3) is 4.52. The van der Waals surface area contributed by atoms with Crippen LogP contribution in [0.2, 0.25) is 0 Å². The average molecular weight is 245 g/mol. The van der Waals surface area contributed by atoms with Gasteiger partial charge in [0.15, 0.2) is 0 Å². The Labute approximate surface area is 107 Å². The molecule has 5 nitrogen and oxygen atoms in total. The molecule has 0 saturated carbocycles. The molecule has 17 heavy (non-hydrogen) atoms. The van der Waals surface area contributed by atoms with Crippen LogP contribution in [0, 0.1) is 0 Å².